The Labute approximate surface area is 112 Å². The molecule has 0 saturated carbocycles. The molecule has 15 heavy (non-hydrogen) atoms. The number of amides is 1. The molecular weight excluding hydrogens is 209 g/mol. The van der Waals surface area contributed by atoms with Crippen molar-refractivity contribution in [3.05, 3.63) is 5.73 Å². The normalized spacial score (nSPS) is 11.9. The van der Waals surface area contributed by atoms with Crippen LogP contribution in [0.5, 0.6) is 0 Å². The number of hydrogen-bond acceptors (Lipinski definition) is 4. The fourth-order valence-electron chi connectivity index (χ4n) is 0.652. The molecule has 0 aromatic rings. The number of rotatable bonds is 4. The Bertz CT molecular complexity index is 218. The molecule has 0 saturated heterocycles. The van der Waals surface area contributed by atoms with Crippen molar-refractivity contribution in [1.82, 2.24) is 0 Å². The van der Waals surface area contributed by atoms with Gasteiger partial charge in [-0.2, -0.15) is 0 Å². The number of hydrogen-bond donors (Lipinski definition) is 0. The summed E-state index contributed by atoms with van der Waals surface area (Å²) in [6.45, 7) is 6.84. The zero-order valence-corrected chi connectivity index (χ0v) is 11.9. The summed E-state index contributed by atoms with van der Waals surface area (Å²) in [6, 6.07) is 0. The zero-order valence-electron chi connectivity index (χ0n) is 9.87. The Morgan fingerprint density at radius 3 is 1.80 bits per heavy atom. The van der Waals surface area contributed by atoms with Crippen LogP contribution in [0.25, 0.3) is 5.73 Å². The molecule has 1 unspecified atom stereocenters. The van der Waals surface area contributed by atoms with Crippen molar-refractivity contribution < 1.29 is 48.6 Å². The van der Waals surface area contributed by atoms with Crippen LogP contribution < -0.4 is 29.6 Å². The van der Waals surface area contributed by atoms with Crippen molar-refractivity contribution >= 4 is 12.1 Å². The largest absolute Gasteiger partial charge is 1.00 e. The number of esters is 1. The van der Waals surface area contributed by atoms with Crippen LogP contribution in [0.3, 0.4) is 0 Å². The molecule has 0 aliphatic rings. The van der Waals surface area contributed by atoms with Crippen LogP contribution in [0.4, 0.5) is 4.79 Å². The quantitative estimate of drug-likeness (QED) is 0.362. The van der Waals surface area contributed by atoms with Gasteiger partial charge in [0.25, 0.3) is 0 Å². The van der Waals surface area contributed by atoms with E-state index in [2.05, 4.69) is 4.74 Å². The summed E-state index contributed by atoms with van der Waals surface area (Å²) in [7, 11) is 0. The van der Waals surface area contributed by atoms with Crippen LogP contribution in [0.1, 0.15) is 27.7 Å². The molecule has 5 nitrogen and oxygen atoms in total. The predicted octanol–water partition coefficient (Wildman–Crippen LogP) is -0.639. The third-order valence-corrected chi connectivity index (χ3v) is 1.47. The smallest absolute Gasteiger partial charge is 0.632 e. The Kier molecular flexibility index (Phi) is 9.10. The summed E-state index contributed by atoms with van der Waals surface area (Å²) in [5, 5.41) is 0. The Hall–Kier alpha value is -0.260. The molecule has 0 aromatic heterocycles. The van der Waals surface area contributed by atoms with E-state index in [1.807, 2.05) is 0 Å². The second-order valence-electron chi connectivity index (χ2n) is 3.61. The molecule has 1 atom stereocenters. The van der Waals surface area contributed by atoms with Gasteiger partial charge in [-0.3, -0.25) is 9.59 Å². The maximum atomic E-state index is 11.2. The molecule has 0 fully saturated rings. The first-order valence-corrected chi connectivity index (χ1v) is 4.47. The van der Waals surface area contributed by atoms with Gasteiger partial charge in [0.1, 0.15) is 0 Å². The molecule has 0 spiro atoms. The minimum atomic E-state index is -1.19. The number of carbonyl (C=O) groups excluding carboxylic acids is 2. The summed E-state index contributed by atoms with van der Waals surface area (Å²) in [5.74, 6) is -0.877. The first-order chi connectivity index (χ1) is 6.34. The van der Waals surface area contributed by atoms with E-state index in [4.69, 9.17) is 10.5 Å². The van der Waals surface area contributed by atoms with Crippen LogP contribution in [0, 0.1) is 11.8 Å². The second-order valence-corrected chi connectivity index (χ2v) is 3.61. The van der Waals surface area contributed by atoms with Gasteiger partial charge >= 0.3 is 35.5 Å². The molecule has 0 aliphatic carbocycles. The predicted molar refractivity (Wildman–Crippen MR) is 50.4 cm³/mol. The van der Waals surface area contributed by atoms with Gasteiger partial charge in [0.2, 0.25) is 12.4 Å². The molecule has 1 N–H and O–H groups in total. The van der Waals surface area contributed by atoms with Gasteiger partial charge < -0.3 is 15.2 Å². The number of carbonyl (C=O) groups is 2. The molecule has 0 bridgehead atoms. The third-order valence-electron chi connectivity index (χ3n) is 1.47. The molecule has 82 valence electrons. The summed E-state index contributed by atoms with van der Waals surface area (Å²) >= 11 is 0. The van der Waals surface area contributed by atoms with Crippen molar-refractivity contribution in [2.45, 2.75) is 34.0 Å². The summed E-state index contributed by atoms with van der Waals surface area (Å²) in [6.07, 6.45) is -2.16. The average molecular weight is 225 g/mol. The van der Waals surface area contributed by atoms with E-state index in [0.29, 0.717) is 0 Å². The molecular formula is C9H16NNaO4. The molecule has 6 heteroatoms. The van der Waals surface area contributed by atoms with Crippen molar-refractivity contribution in [2.24, 2.45) is 11.8 Å². The molecule has 0 heterocycles. The molecule has 1 amide bonds. The van der Waals surface area contributed by atoms with Gasteiger partial charge in [-0.05, 0) is 0 Å². The fourth-order valence-corrected chi connectivity index (χ4v) is 0.652. The molecule has 0 rings (SSSR count). The van der Waals surface area contributed by atoms with Crippen molar-refractivity contribution in [3.8, 4) is 0 Å². The van der Waals surface area contributed by atoms with Crippen LogP contribution >= 0.6 is 0 Å². The van der Waals surface area contributed by atoms with E-state index in [-0.39, 0.29) is 41.4 Å². The maximum Gasteiger partial charge on any atom is 1.00 e. The van der Waals surface area contributed by atoms with E-state index in [9.17, 15) is 9.59 Å². The minimum absolute atomic E-state index is 0. The Morgan fingerprint density at radius 1 is 1.07 bits per heavy atom. The molecule has 0 aliphatic heterocycles. The van der Waals surface area contributed by atoms with E-state index >= 15 is 0 Å². The number of nitrogens with one attached hydrogen (secondary N) is 1. The summed E-state index contributed by atoms with van der Waals surface area (Å²) in [4.78, 5) is 21.5. The fraction of sp³-hybridized carbons (Fsp3) is 0.778. The Morgan fingerprint density at radius 2 is 1.53 bits per heavy atom. The maximum absolute atomic E-state index is 11.2. The second kappa shape index (κ2) is 7.96. The van der Waals surface area contributed by atoms with Crippen LogP contribution in [-0.2, 0) is 14.3 Å². The third kappa shape index (κ3) is 7.64. The van der Waals surface area contributed by atoms with Gasteiger partial charge in [-0.25, -0.2) is 0 Å². The van der Waals surface area contributed by atoms with E-state index in [1.165, 1.54) is 0 Å². The van der Waals surface area contributed by atoms with Gasteiger partial charge in [-0.1, -0.05) is 27.7 Å². The van der Waals surface area contributed by atoms with Crippen LogP contribution in [0.2, 0.25) is 0 Å². The van der Waals surface area contributed by atoms with E-state index < -0.39 is 18.4 Å². The monoisotopic (exact) mass is 225 g/mol. The molecule has 0 aromatic carbocycles. The SMILES string of the molecule is CC(C)C(=O)OC(OC([NH-])=O)C(C)C.[Na+]. The first kappa shape index (κ1) is 17.1. The summed E-state index contributed by atoms with van der Waals surface area (Å²) < 4.78 is 9.40. The van der Waals surface area contributed by atoms with Gasteiger partial charge in [0.05, 0.1) is 5.92 Å². The minimum Gasteiger partial charge on any atom is -0.632 e. The van der Waals surface area contributed by atoms with Gasteiger partial charge in [0.15, 0.2) is 0 Å². The number of ether oxygens (including phenoxy) is 2. The zero-order chi connectivity index (χ0) is 11.3. The van der Waals surface area contributed by atoms with Crippen molar-refractivity contribution in [3.63, 3.8) is 0 Å². The van der Waals surface area contributed by atoms with Gasteiger partial charge in [0, 0.05) is 5.92 Å². The van der Waals surface area contributed by atoms with E-state index in [1.54, 1.807) is 27.7 Å². The van der Waals surface area contributed by atoms with Crippen molar-refractivity contribution in [2.75, 3.05) is 0 Å². The van der Waals surface area contributed by atoms with Crippen LogP contribution in [-0.4, -0.2) is 18.4 Å². The summed E-state index contributed by atoms with van der Waals surface area (Å²) in [5.41, 5.74) is 6.60. The first-order valence-electron chi connectivity index (χ1n) is 4.47. The van der Waals surface area contributed by atoms with Crippen molar-refractivity contribution in [1.29, 1.82) is 0 Å². The van der Waals surface area contributed by atoms with Crippen LogP contribution in [0.15, 0.2) is 0 Å². The standard InChI is InChI=1S/C9H17NO4.Na/c1-5(2)7(11)13-8(6(3)4)14-9(10)12;/h5-6,8H,1-4H3,(H2,10,12);/q;+1/p-1. The molecule has 0 radical (unpaired) electrons. The Balaban J connectivity index is 0. The topological polar surface area (TPSA) is 76.4 Å². The van der Waals surface area contributed by atoms with Gasteiger partial charge in [-0.15, -0.1) is 0 Å². The van der Waals surface area contributed by atoms with E-state index in [0.717, 1.165) is 0 Å². The average Bonchev–Trinajstić information content (AvgIpc) is 2.01.